The molecule has 4 fully saturated rings. The van der Waals surface area contributed by atoms with E-state index in [0.29, 0.717) is 6.04 Å². The van der Waals surface area contributed by atoms with Gasteiger partial charge in [0.2, 0.25) is 0 Å². The van der Waals surface area contributed by atoms with Crippen LogP contribution in [0, 0.1) is 30.6 Å². The number of benzene rings is 1. The largest absolute Gasteiger partial charge is 0.448 e. The van der Waals surface area contributed by atoms with E-state index in [1.165, 1.54) is 54.5 Å². The van der Waals surface area contributed by atoms with E-state index in [1.54, 1.807) is 16.9 Å². The predicted molar refractivity (Wildman–Crippen MR) is 115 cm³/mol. The monoisotopic (exact) mass is 389 g/mol. The van der Waals surface area contributed by atoms with Crippen LogP contribution in [0.1, 0.15) is 62.0 Å². The molecule has 1 atom stereocenters. The molecule has 2 aromatic heterocycles. The molecule has 0 saturated heterocycles. The molecule has 5 aliphatic rings. The molecule has 0 amide bonds. The molecule has 4 aliphatic carbocycles. The molecule has 1 spiro atoms. The van der Waals surface area contributed by atoms with Crippen molar-refractivity contribution in [3.05, 3.63) is 52.6 Å². The van der Waals surface area contributed by atoms with Gasteiger partial charge in [0.25, 0.3) is 0 Å². The molecule has 8 rings (SSSR count). The topological polar surface area (TPSA) is 16.4 Å². The van der Waals surface area contributed by atoms with E-state index in [0.717, 1.165) is 28.6 Å². The minimum atomic E-state index is 0.139. The Morgan fingerprint density at radius 1 is 1.00 bits per heavy atom. The van der Waals surface area contributed by atoms with Crippen LogP contribution in [0.3, 0.4) is 0 Å². The fraction of sp³-hybridized carbons (Fsp3) is 0.520. The van der Waals surface area contributed by atoms with Crippen molar-refractivity contribution in [2.45, 2.75) is 57.5 Å². The van der Waals surface area contributed by atoms with Crippen molar-refractivity contribution >= 4 is 27.3 Å². The Morgan fingerprint density at radius 3 is 2.43 bits per heavy atom. The fourth-order valence-corrected chi connectivity index (χ4v) is 8.82. The summed E-state index contributed by atoms with van der Waals surface area (Å²) in [6.07, 6.45) is 7.16. The molecule has 1 aromatic carbocycles. The van der Waals surface area contributed by atoms with Crippen molar-refractivity contribution in [1.29, 1.82) is 0 Å². The van der Waals surface area contributed by atoms with Crippen molar-refractivity contribution in [2.24, 2.45) is 23.7 Å². The SMILES string of the molecule is Cc1ccccc1N1[C@@H](C)c2oc3sccc3c2C12C1CC3CC(C1)CC2C3. The third-order valence-corrected chi connectivity index (χ3v) is 9.46. The van der Waals surface area contributed by atoms with E-state index in [-0.39, 0.29) is 5.54 Å². The van der Waals surface area contributed by atoms with Gasteiger partial charge in [-0.3, -0.25) is 0 Å². The average molecular weight is 390 g/mol. The average Bonchev–Trinajstić information content (AvgIpc) is 3.32. The van der Waals surface area contributed by atoms with Crippen LogP contribution in [-0.2, 0) is 5.54 Å². The standard InChI is InChI=1S/C25H27NOS/c1-14-5-3-4-6-21(14)26-15(2)23-22(20-7-8-28-24(20)27-23)25(26)18-10-16-9-17(12-18)13-19(25)11-16/h3-8,15-19H,9-13H2,1-2H3/t15-,16?,17?,18?,19?,25?/m0/s1. The molecule has 2 nitrogen and oxygen atoms in total. The van der Waals surface area contributed by atoms with E-state index in [9.17, 15) is 0 Å². The predicted octanol–water partition coefficient (Wildman–Crippen LogP) is 7.04. The first-order valence-electron chi connectivity index (χ1n) is 11.0. The summed E-state index contributed by atoms with van der Waals surface area (Å²) in [4.78, 5) is 3.98. The highest BCUT2D eigenvalue weighted by molar-refractivity contribution is 7.16. The number of aryl methyl sites for hydroxylation is 1. The van der Waals surface area contributed by atoms with Gasteiger partial charge in [0.1, 0.15) is 5.76 Å². The molecular weight excluding hydrogens is 362 g/mol. The van der Waals surface area contributed by atoms with Crippen LogP contribution in [0.25, 0.3) is 10.3 Å². The summed E-state index contributed by atoms with van der Waals surface area (Å²) < 4.78 is 6.56. The summed E-state index contributed by atoms with van der Waals surface area (Å²) in [5.74, 6) is 4.74. The number of thiophene rings is 1. The first-order chi connectivity index (χ1) is 13.7. The molecule has 1 aliphatic heterocycles. The van der Waals surface area contributed by atoms with E-state index in [2.05, 4.69) is 54.5 Å². The number of rotatable bonds is 1. The van der Waals surface area contributed by atoms with Gasteiger partial charge in [0.15, 0.2) is 4.90 Å². The normalized spacial score (nSPS) is 38.1. The zero-order chi connectivity index (χ0) is 18.6. The Balaban J connectivity index is 1.55. The van der Waals surface area contributed by atoms with Crippen LogP contribution in [0.5, 0.6) is 0 Å². The van der Waals surface area contributed by atoms with E-state index < -0.39 is 0 Å². The lowest BCUT2D eigenvalue weighted by Gasteiger charge is -2.64. The molecule has 144 valence electrons. The maximum absolute atomic E-state index is 6.56. The number of anilines is 1. The van der Waals surface area contributed by atoms with Gasteiger partial charge in [-0.1, -0.05) is 18.2 Å². The summed E-state index contributed by atoms with van der Waals surface area (Å²) in [7, 11) is 0. The first-order valence-corrected chi connectivity index (χ1v) is 11.9. The Labute approximate surface area is 170 Å². The second-order valence-electron chi connectivity index (χ2n) is 9.93. The number of hydrogen-bond donors (Lipinski definition) is 0. The van der Waals surface area contributed by atoms with Gasteiger partial charge in [-0.05, 0) is 92.7 Å². The number of furan rings is 1. The smallest absolute Gasteiger partial charge is 0.188 e. The Morgan fingerprint density at radius 2 is 1.71 bits per heavy atom. The van der Waals surface area contributed by atoms with Crippen LogP contribution >= 0.6 is 11.3 Å². The third-order valence-electron chi connectivity index (χ3n) is 8.67. The van der Waals surface area contributed by atoms with Crippen LogP contribution in [-0.4, -0.2) is 0 Å². The number of nitrogens with zero attached hydrogens (tertiary/aromatic N) is 1. The van der Waals surface area contributed by atoms with E-state index in [4.69, 9.17) is 4.42 Å². The minimum Gasteiger partial charge on any atom is -0.448 e. The molecule has 0 N–H and O–H groups in total. The second-order valence-corrected chi connectivity index (χ2v) is 10.8. The number of para-hydroxylation sites is 1. The van der Waals surface area contributed by atoms with Crippen LogP contribution in [0.4, 0.5) is 5.69 Å². The molecular formula is C25H27NOS. The molecule has 3 heteroatoms. The van der Waals surface area contributed by atoms with Crippen molar-refractivity contribution in [3.8, 4) is 0 Å². The fourth-order valence-electron chi connectivity index (χ4n) is 8.05. The maximum Gasteiger partial charge on any atom is 0.188 e. The Kier molecular flexibility index (Phi) is 3.01. The minimum absolute atomic E-state index is 0.139. The summed E-state index contributed by atoms with van der Waals surface area (Å²) in [6, 6.07) is 11.7. The maximum atomic E-state index is 6.56. The summed E-state index contributed by atoms with van der Waals surface area (Å²) in [5.41, 5.74) is 4.54. The van der Waals surface area contributed by atoms with E-state index in [1.807, 2.05) is 0 Å². The molecule has 28 heavy (non-hydrogen) atoms. The second kappa shape index (κ2) is 5.24. The highest BCUT2D eigenvalue weighted by Crippen LogP contribution is 2.70. The zero-order valence-electron chi connectivity index (χ0n) is 16.7. The van der Waals surface area contributed by atoms with Crippen LogP contribution < -0.4 is 4.90 Å². The van der Waals surface area contributed by atoms with Crippen LogP contribution in [0.15, 0.2) is 40.1 Å². The first kappa shape index (κ1) is 16.1. The highest BCUT2D eigenvalue weighted by atomic mass is 32.1. The van der Waals surface area contributed by atoms with Gasteiger partial charge in [-0.25, -0.2) is 0 Å². The lowest BCUT2D eigenvalue weighted by Crippen LogP contribution is -2.62. The summed E-state index contributed by atoms with van der Waals surface area (Å²) in [6.45, 7) is 4.67. The van der Waals surface area contributed by atoms with Gasteiger partial charge in [0.05, 0.1) is 11.6 Å². The van der Waals surface area contributed by atoms with Gasteiger partial charge in [-0.15, -0.1) is 11.3 Å². The van der Waals surface area contributed by atoms with Crippen molar-refractivity contribution in [2.75, 3.05) is 4.90 Å². The molecule has 4 bridgehead atoms. The molecule has 0 radical (unpaired) electrons. The van der Waals surface area contributed by atoms with E-state index >= 15 is 0 Å². The molecule has 0 unspecified atom stereocenters. The van der Waals surface area contributed by atoms with Crippen molar-refractivity contribution in [3.63, 3.8) is 0 Å². The van der Waals surface area contributed by atoms with Crippen molar-refractivity contribution < 1.29 is 4.42 Å². The van der Waals surface area contributed by atoms with Gasteiger partial charge < -0.3 is 9.32 Å². The van der Waals surface area contributed by atoms with Gasteiger partial charge >= 0.3 is 0 Å². The quantitative estimate of drug-likeness (QED) is 0.444. The van der Waals surface area contributed by atoms with Gasteiger partial charge in [-0.2, -0.15) is 0 Å². The highest BCUT2D eigenvalue weighted by Gasteiger charge is 2.66. The molecule has 3 heterocycles. The third kappa shape index (κ3) is 1.72. The lowest BCUT2D eigenvalue weighted by atomic mass is 9.47. The molecule has 4 saturated carbocycles. The summed E-state index contributed by atoms with van der Waals surface area (Å²) in [5, 5.41) is 3.63. The zero-order valence-corrected chi connectivity index (χ0v) is 17.5. The lowest BCUT2D eigenvalue weighted by molar-refractivity contribution is -0.0596. The Hall–Kier alpha value is -1.74. The Bertz CT molecular complexity index is 1060. The van der Waals surface area contributed by atoms with Crippen LogP contribution in [0.2, 0.25) is 0 Å². The molecule has 3 aromatic rings. The van der Waals surface area contributed by atoms with Crippen molar-refractivity contribution in [1.82, 2.24) is 0 Å². The summed E-state index contributed by atoms with van der Waals surface area (Å²) >= 11 is 1.77. The number of fused-ring (bicyclic) bond motifs is 3. The number of hydrogen-bond acceptors (Lipinski definition) is 3. The van der Waals surface area contributed by atoms with Gasteiger partial charge in [0, 0.05) is 16.6 Å².